The zero-order valence-corrected chi connectivity index (χ0v) is 18.4. The SMILES string of the molecule is CC(C)(C)c1ccc(Oc2c(C(F)(F)F)oc3cc(OC(=O)c4ccco4)ccc3c2=O)cc1. The van der Waals surface area contributed by atoms with Crippen LogP contribution in [0.15, 0.2) is 74.5 Å². The van der Waals surface area contributed by atoms with Gasteiger partial charge in [0.15, 0.2) is 0 Å². The normalized spacial score (nSPS) is 12.1. The first-order valence-electron chi connectivity index (χ1n) is 10.2. The molecule has 0 radical (unpaired) electrons. The molecule has 0 aliphatic carbocycles. The molecule has 6 nitrogen and oxygen atoms in total. The maximum atomic E-state index is 13.8. The van der Waals surface area contributed by atoms with Gasteiger partial charge in [-0.1, -0.05) is 32.9 Å². The molecule has 0 aliphatic rings. The van der Waals surface area contributed by atoms with Gasteiger partial charge in [0.05, 0.1) is 11.6 Å². The van der Waals surface area contributed by atoms with Gasteiger partial charge in [-0.25, -0.2) is 4.79 Å². The van der Waals surface area contributed by atoms with Crippen LogP contribution in [0, 0.1) is 0 Å². The molecular formula is C25H19F3O6. The van der Waals surface area contributed by atoms with Gasteiger partial charge in [-0.05, 0) is 47.4 Å². The van der Waals surface area contributed by atoms with Gasteiger partial charge in [-0.15, -0.1) is 0 Å². The van der Waals surface area contributed by atoms with Gasteiger partial charge >= 0.3 is 12.1 Å². The molecule has 34 heavy (non-hydrogen) atoms. The second-order valence-corrected chi connectivity index (χ2v) is 8.49. The predicted octanol–water partition coefficient (Wildman–Crippen LogP) is 6.71. The van der Waals surface area contributed by atoms with E-state index < -0.39 is 34.7 Å². The molecule has 0 saturated heterocycles. The molecule has 2 aromatic carbocycles. The molecule has 9 heteroatoms. The van der Waals surface area contributed by atoms with Crippen molar-refractivity contribution in [2.75, 3.05) is 0 Å². The molecule has 0 atom stereocenters. The van der Waals surface area contributed by atoms with E-state index in [0.717, 1.165) is 11.6 Å². The fourth-order valence-electron chi connectivity index (χ4n) is 3.19. The number of hydrogen-bond acceptors (Lipinski definition) is 6. The van der Waals surface area contributed by atoms with Crippen molar-refractivity contribution in [1.82, 2.24) is 0 Å². The lowest BCUT2D eigenvalue weighted by atomic mass is 9.87. The highest BCUT2D eigenvalue weighted by molar-refractivity contribution is 5.89. The number of carbonyl (C=O) groups excluding carboxylic acids is 1. The minimum atomic E-state index is -5.02. The van der Waals surface area contributed by atoms with Crippen LogP contribution in [-0.2, 0) is 11.6 Å². The molecule has 0 aliphatic heterocycles. The summed E-state index contributed by atoms with van der Waals surface area (Å²) in [7, 11) is 0. The van der Waals surface area contributed by atoms with E-state index in [9.17, 15) is 22.8 Å². The van der Waals surface area contributed by atoms with Gasteiger partial charge in [0.1, 0.15) is 17.1 Å². The average molecular weight is 472 g/mol. The summed E-state index contributed by atoms with van der Waals surface area (Å²) in [6.07, 6.45) is -3.75. The van der Waals surface area contributed by atoms with Crippen LogP contribution in [0.1, 0.15) is 42.6 Å². The summed E-state index contributed by atoms with van der Waals surface area (Å²) >= 11 is 0. The third-order valence-corrected chi connectivity index (χ3v) is 4.95. The number of halogens is 3. The lowest BCUT2D eigenvalue weighted by Crippen LogP contribution is -2.16. The van der Waals surface area contributed by atoms with E-state index in [1.165, 1.54) is 42.7 Å². The highest BCUT2D eigenvalue weighted by Gasteiger charge is 2.40. The van der Waals surface area contributed by atoms with Crippen molar-refractivity contribution >= 4 is 16.9 Å². The van der Waals surface area contributed by atoms with Gasteiger partial charge < -0.3 is 18.3 Å². The molecule has 0 amide bonds. The van der Waals surface area contributed by atoms with Gasteiger partial charge in [0.2, 0.25) is 16.9 Å². The molecule has 4 aromatic rings. The first-order valence-corrected chi connectivity index (χ1v) is 10.2. The van der Waals surface area contributed by atoms with E-state index in [-0.39, 0.29) is 28.1 Å². The monoisotopic (exact) mass is 472 g/mol. The Morgan fingerprint density at radius 2 is 1.62 bits per heavy atom. The number of ether oxygens (including phenoxy) is 2. The average Bonchev–Trinajstić information content (AvgIpc) is 3.30. The van der Waals surface area contributed by atoms with Gasteiger partial charge in [0.25, 0.3) is 5.76 Å². The van der Waals surface area contributed by atoms with E-state index >= 15 is 0 Å². The van der Waals surface area contributed by atoms with Crippen molar-refractivity contribution < 1.29 is 36.3 Å². The summed E-state index contributed by atoms with van der Waals surface area (Å²) in [5.41, 5.74) is -0.664. The summed E-state index contributed by atoms with van der Waals surface area (Å²) < 4.78 is 61.7. The van der Waals surface area contributed by atoms with Gasteiger partial charge in [-0.3, -0.25) is 4.79 Å². The van der Waals surface area contributed by atoms with Crippen molar-refractivity contribution in [2.24, 2.45) is 0 Å². The maximum absolute atomic E-state index is 13.8. The van der Waals surface area contributed by atoms with E-state index in [2.05, 4.69) is 0 Å². The van der Waals surface area contributed by atoms with Crippen LogP contribution in [0.5, 0.6) is 17.2 Å². The third-order valence-electron chi connectivity index (χ3n) is 4.95. The Kier molecular flexibility index (Phi) is 5.72. The molecule has 0 spiro atoms. The van der Waals surface area contributed by atoms with Crippen molar-refractivity contribution in [2.45, 2.75) is 32.4 Å². The molecule has 0 unspecified atom stereocenters. The van der Waals surface area contributed by atoms with Crippen LogP contribution >= 0.6 is 0 Å². The first kappa shape index (κ1) is 23.2. The van der Waals surface area contributed by atoms with Crippen LogP contribution in [0.4, 0.5) is 13.2 Å². The van der Waals surface area contributed by atoms with Gasteiger partial charge in [0, 0.05) is 6.07 Å². The topological polar surface area (TPSA) is 78.9 Å². The lowest BCUT2D eigenvalue weighted by molar-refractivity contribution is -0.154. The third kappa shape index (κ3) is 4.68. The largest absolute Gasteiger partial charge is 0.457 e. The molecule has 0 saturated carbocycles. The number of rotatable bonds is 4. The molecule has 4 rings (SSSR count). The van der Waals surface area contributed by atoms with Crippen molar-refractivity contribution in [1.29, 1.82) is 0 Å². The smallest absolute Gasteiger partial charge is 0.453 e. The number of hydrogen-bond donors (Lipinski definition) is 0. The second-order valence-electron chi connectivity index (χ2n) is 8.49. The van der Waals surface area contributed by atoms with E-state index in [1.54, 1.807) is 12.1 Å². The Labute approximate surface area is 191 Å². The Morgan fingerprint density at radius 3 is 2.21 bits per heavy atom. The summed E-state index contributed by atoms with van der Waals surface area (Å²) in [5, 5.41) is -0.174. The summed E-state index contributed by atoms with van der Waals surface area (Å²) in [4.78, 5) is 25.0. The number of esters is 1. The van der Waals surface area contributed by atoms with Crippen molar-refractivity contribution in [3.63, 3.8) is 0 Å². The van der Waals surface area contributed by atoms with E-state index in [0.29, 0.717) is 0 Å². The maximum Gasteiger partial charge on any atom is 0.453 e. The van der Waals surface area contributed by atoms with E-state index in [1.807, 2.05) is 20.8 Å². The predicted molar refractivity (Wildman–Crippen MR) is 116 cm³/mol. The van der Waals surface area contributed by atoms with Crippen LogP contribution in [0.3, 0.4) is 0 Å². The van der Waals surface area contributed by atoms with Gasteiger partial charge in [-0.2, -0.15) is 13.2 Å². The molecule has 176 valence electrons. The van der Waals surface area contributed by atoms with Crippen molar-refractivity contribution in [3.05, 3.63) is 88.2 Å². The summed E-state index contributed by atoms with van der Waals surface area (Å²) in [5.74, 6) is -3.62. The minimum absolute atomic E-state index is 0.0501. The van der Waals surface area contributed by atoms with Crippen LogP contribution in [-0.4, -0.2) is 5.97 Å². The Morgan fingerprint density at radius 1 is 0.941 bits per heavy atom. The zero-order valence-electron chi connectivity index (χ0n) is 18.4. The molecular weight excluding hydrogens is 453 g/mol. The highest BCUT2D eigenvalue weighted by Crippen LogP contribution is 2.39. The zero-order chi connectivity index (χ0) is 24.7. The number of carbonyl (C=O) groups is 1. The number of fused-ring (bicyclic) bond motifs is 1. The fraction of sp³-hybridized carbons (Fsp3) is 0.200. The first-order chi connectivity index (χ1) is 15.9. The van der Waals surface area contributed by atoms with Crippen molar-refractivity contribution in [3.8, 4) is 17.2 Å². The quantitative estimate of drug-likeness (QED) is 0.243. The Balaban J connectivity index is 1.74. The lowest BCUT2D eigenvalue weighted by Gasteiger charge is -2.19. The van der Waals surface area contributed by atoms with Crippen LogP contribution < -0.4 is 14.9 Å². The number of benzene rings is 2. The summed E-state index contributed by atoms with van der Waals surface area (Å²) in [6.45, 7) is 5.97. The number of furan rings is 1. The molecule has 2 aromatic heterocycles. The Bertz CT molecular complexity index is 1390. The second kappa shape index (κ2) is 8.40. The minimum Gasteiger partial charge on any atom is -0.457 e. The van der Waals surface area contributed by atoms with Crippen LogP contribution in [0.2, 0.25) is 0 Å². The molecule has 2 heterocycles. The number of alkyl halides is 3. The Hall–Kier alpha value is -4.01. The van der Waals surface area contributed by atoms with Crippen LogP contribution in [0.25, 0.3) is 11.0 Å². The molecule has 0 N–H and O–H groups in total. The standard InChI is InChI=1S/C25H19F3O6/c1-24(2,3)14-6-8-15(9-7-14)32-21-20(29)17-11-10-16(33-23(30)18-5-4-12-31-18)13-19(17)34-22(21)25(26,27)28/h4-13H,1-3H3. The fourth-order valence-corrected chi connectivity index (χ4v) is 3.19. The molecule has 0 fully saturated rings. The summed E-state index contributed by atoms with van der Waals surface area (Å²) in [6, 6.07) is 12.7. The molecule has 0 bridgehead atoms. The van der Waals surface area contributed by atoms with E-state index in [4.69, 9.17) is 18.3 Å². The highest BCUT2D eigenvalue weighted by atomic mass is 19.4.